The van der Waals surface area contributed by atoms with Gasteiger partial charge in [-0.3, -0.25) is 14.6 Å². The topological polar surface area (TPSA) is 402 Å². The number of aliphatic hydroxyl groups excluding tert-OH is 1. The summed E-state index contributed by atoms with van der Waals surface area (Å²) < 4.78 is 51.3. The standard InChI is InChI=1S/C34H39Cl2N4O7PS.C21H20Cl2N4O4S.C21H22Cl2N4O2S.C13H14Cl2N2OS/c1-5-44-33(41)23(4)46-48(43,47-28-9-7-6-8-10-28)16-15-38-27-13-11-24(12-14-27)20-40-30(21-45-34(37)42)39-31(22(2)3)32(40)49-29-18-25(35)17-26(36)19-29;1-12(2)19-20(32-17-8-14(22)7-15(23)9-17)26(18(25-19)11-31-21(24)28)10-13-3-5-16(6-4-13)27(29)30;1-12(2)19-20(30-17-8-14(22)7-15(23)9-17)27(18(26-19)11-29-21(25)28)10-13-3-5-16(24)6-4-13;1-7(2)12-13(17-11(6-18)16-12)19-10-4-8(14)3-9(15)5-10/h6-14,17-19,22-23,38H,5,15-16,20-21H2,1-4H3,(H2,37,42);3-9,12H,10-11H2,1-2H3,(H2,24,28);3-9,12H,10-11,24H2,1-2H3,(H2,25,28);3-5,7,18H,6H2,1-2H3,(H,16,17)/t23-,48?;;;/m0.../s1. The number of nitrogens with zero attached hydrogens (tertiary/aromatic N) is 8. The van der Waals surface area contributed by atoms with Gasteiger partial charge in [0.25, 0.3) is 5.69 Å². The second kappa shape index (κ2) is 49.9. The predicted octanol–water partition coefficient (Wildman–Crippen LogP) is 25.0. The number of anilines is 2. The molecule has 8 aromatic carbocycles. The van der Waals surface area contributed by atoms with Crippen molar-refractivity contribution in [1.29, 1.82) is 0 Å². The van der Waals surface area contributed by atoms with Crippen molar-refractivity contribution >= 4 is 189 Å². The van der Waals surface area contributed by atoms with Gasteiger partial charge in [0.15, 0.2) is 25.9 Å². The molecule has 0 fully saturated rings. The summed E-state index contributed by atoms with van der Waals surface area (Å²) in [4.78, 5) is 81.8. The van der Waals surface area contributed by atoms with E-state index in [0.29, 0.717) is 100 Å². The molecule has 0 radical (unpaired) electrons. The smallest absolute Gasteiger partial charge is 0.404 e. The van der Waals surface area contributed by atoms with Gasteiger partial charge < -0.3 is 75.5 Å². The largest absolute Gasteiger partial charge is 0.464 e. The van der Waals surface area contributed by atoms with Gasteiger partial charge in [-0.2, -0.15) is 0 Å². The number of imidazole rings is 4. The number of aromatic amines is 1. The number of primary amides is 3. The Morgan fingerprint density at radius 2 is 0.854 bits per heavy atom. The molecule has 11 N–H and O–H groups in total. The van der Waals surface area contributed by atoms with Crippen LogP contribution in [0.15, 0.2) is 216 Å². The molecular weight excluding hydrogens is 1930 g/mol. The Labute approximate surface area is 809 Å². The van der Waals surface area contributed by atoms with E-state index >= 15 is 0 Å². The number of para-hydroxylation sites is 1. The van der Waals surface area contributed by atoms with Crippen LogP contribution in [0.2, 0.25) is 40.2 Å². The third-order valence-electron chi connectivity index (χ3n) is 18.2. The zero-order chi connectivity index (χ0) is 94.8. The summed E-state index contributed by atoms with van der Waals surface area (Å²) in [5.41, 5.74) is 29.2. The fraction of sp³-hybridized carbons (Fsp3) is 0.281. The monoisotopic (exact) mass is 2020 g/mol. The number of non-ortho nitro benzene ring substituents is 1. The molecule has 0 saturated carbocycles. The predicted molar refractivity (Wildman–Crippen MR) is 516 cm³/mol. The molecule has 690 valence electrons. The van der Waals surface area contributed by atoms with Crippen molar-refractivity contribution in [1.82, 2.24) is 38.6 Å². The fourth-order valence-electron chi connectivity index (χ4n) is 12.2. The number of esters is 1. The number of H-pyrrole nitrogens is 1. The van der Waals surface area contributed by atoms with Gasteiger partial charge in [0, 0.05) is 109 Å². The quantitative estimate of drug-likeness (QED) is 0.00479. The average Bonchev–Trinajstić information content (AvgIpc) is 1.64. The van der Waals surface area contributed by atoms with Crippen molar-refractivity contribution in [2.24, 2.45) is 17.2 Å². The van der Waals surface area contributed by atoms with Crippen LogP contribution in [0.1, 0.15) is 156 Å². The number of ether oxygens (including phenoxy) is 4. The number of aliphatic hydroxyl groups is 1. The lowest BCUT2D eigenvalue weighted by Crippen LogP contribution is -2.24. The number of halogens is 8. The fourth-order valence-corrected chi connectivity index (χ4v) is 21.4. The third kappa shape index (κ3) is 32.2. The maximum Gasteiger partial charge on any atom is 0.404 e. The van der Waals surface area contributed by atoms with Crippen LogP contribution in [0.25, 0.3) is 0 Å². The van der Waals surface area contributed by atoms with Gasteiger partial charge in [-0.1, -0.05) is 250 Å². The second-order valence-corrected chi connectivity index (χ2v) is 39.6. The first-order valence-corrected chi connectivity index (χ1v) is 48.1. The summed E-state index contributed by atoms with van der Waals surface area (Å²) in [5, 5.41) is 31.2. The number of carbonyl (C=O) groups is 4. The Bertz CT molecular complexity index is 5860. The second-order valence-electron chi connectivity index (χ2n) is 29.8. The SMILES string of the molecule is CC(C)c1[nH]c(CO)nc1Sc1cc(Cl)cc(Cl)c1.CC(C)c1nc(COC(N)=O)n(Cc2ccc(N)cc2)c1Sc1cc(Cl)cc(Cl)c1.CC(C)c1nc(COC(N)=O)n(Cc2ccc([N+](=O)[O-])cc2)c1Sc1cc(Cl)cc(Cl)c1.CCOC(=O)[C@H](C)OP(=O)(CCNc1ccc(Cn2c(COC(N)=O)nc(C(C)C)c2Sc2cc(Cl)cc(Cl)c2)cc1)Oc1ccccc1. The number of nitro benzene ring substituents is 1. The van der Waals surface area contributed by atoms with Gasteiger partial charge in [0.1, 0.15) is 55.8 Å². The molecule has 1 unspecified atom stereocenters. The Morgan fingerprint density at radius 3 is 1.18 bits per heavy atom. The van der Waals surface area contributed by atoms with Gasteiger partial charge >= 0.3 is 31.8 Å². The molecule has 0 aliphatic carbocycles. The Balaban J connectivity index is 0.000000205. The summed E-state index contributed by atoms with van der Waals surface area (Å²) in [7, 11) is -3.77. The van der Waals surface area contributed by atoms with Crippen LogP contribution in [-0.2, 0) is 78.9 Å². The first-order valence-electron chi connectivity index (χ1n) is 40.1. The summed E-state index contributed by atoms with van der Waals surface area (Å²) in [6.45, 7) is 20.9. The molecule has 0 saturated heterocycles. The molecular formula is C89H95Cl8N14O14PS4. The maximum absolute atomic E-state index is 13.8. The number of benzene rings is 8. The molecule has 130 heavy (non-hydrogen) atoms. The van der Waals surface area contributed by atoms with E-state index in [0.717, 1.165) is 84.8 Å². The molecule has 0 aliphatic rings. The normalized spacial score (nSPS) is 11.8. The molecule has 28 nitrogen and oxygen atoms in total. The number of nitro groups is 1. The highest BCUT2D eigenvalue weighted by Gasteiger charge is 2.33. The van der Waals surface area contributed by atoms with E-state index in [1.54, 1.807) is 79.7 Å². The number of carbonyl (C=O) groups excluding carboxylic acids is 4. The van der Waals surface area contributed by atoms with Crippen molar-refractivity contribution in [2.75, 3.05) is 30.4 Å². The Kier molecular flexibility index (Phi) is 40.0. The number of amides is 3. The molecule has 12 rings (SSSR count). The zero-order valence-electron chi connectivity index (χ0n) is 71.9. The number of rotatable bonds is 36. The van der Waals surface area contributed by atoms with E-state index < -0.39 is 42.9 Å². The van der Waals surface area contributed by atoms with Gasteiger partial charge in [-0.05, 0) is 163 Å². The van der Waals surface area contributed by atoms with E-state index in [1.165, 1.54) is 66.1 Å². The van der Waals surface area contributed by atoms with E-state index in [9.17, 15) is 33.9 Å². The van der Waals surface area contributed by atoms with Crippen molar-refractivity contribution in [3.8, 4) is 5.75 Å². The lowest BCUT2D eigenvalue weighted by atomic mass is 10.1. The minimum Gasteiger partial charge on any atom is -0.464 e. The number of hydrogen-bond acceptors (Lipinski definition) is 24. The lowest BCUT2D eigenvalue weighted by Gasteiger charge is -2.22. The van der Waals surface area contributed by atoms with E-state index in [4.69, 9.17) is 164 Å². The van der Waals surface area contributed by atoms with Crippen LogP contribution >= 0.6 is 147 Å². The van der Waals surface area contributed by atoms with Crippen molar-refractivity contribution < 1.29 is 61.8 Å². The highest BCUT2D eigenvalue weighted by molar-refractivity contribution is 8.00. The highest BCUT2D eigenvalue weighted by atomic mass is 35.5. The van der Waals surface area contributed by atoms with Gasteiger partial charge in [-0.15, -0.1) is 0 Å². The molecule has 41 heteroatoms. The Morgan fingerprint density at radius 1 is 0.500 bits per heavy atom. The molecule has 4 heterocycles. The Hall–Kier alpha value is -9.45. The summed E-state index contributed by atoms with van der Waals surface area (Å²) in [6, 6.07) is 51.5. The first-order chi connectivity index (χ1) is 61.7. The highest BCUT2D eigenvalue weighted by Crippen LogP contribution is 2.50. The number of nitrogens with two attached hydrogens (primary N) is 4. The molecule has 0 bridgehead atoms. The first kappa shape index (κ1) is 104. The zero-order valence-corrected chi connectivity index (χ0v) is 82.2. The number of hydrogen-bond donors (Lipinski definition) is 7. The molecule has 4 aromatic heterocycles. The van der Waals surface area contributed by atoms with Gasteiger partial charge in [0.2, 0.25) is 0 Å². The van der Waals surface area contributed by atoms with Gasteiger partial charge in [-0.25, -0.2) is 43.7 Å². The van der Waals surface area contributed by atoms with Gasteiger partial charge in [0.05, 0.1) is 40.5 Å². The van der Waals surface area contributed by atoms with Crippen LogP contribution in [0.3, 0.4) is 0 Å². The lowest BCUT2D eigenvalue weighted by molar-refractivity contribution is -0.384. The molecule has 12 aromatic rings. The number of nitrogen functional groups attached to an aromatic ring is 1. The maximum atomic E-state index is 13.8. The number of aromatic nitrogens is 8. The summed E-state index contributed by atoms with van der Waals surface area (Å²) >= 11 is 55.2. The van der Waals surface area contributed by atoms with Crippen LogP contribution in [0.5, 0.6) is 5.75 Å². The van der Waals surface area contributed by atoms with E-state index in [-0.39, 0.29) is 69.2 Å². The van der Waals surface area contributed by atoms with Crippen LogP contribution in [-0.4, -0.2) is 98.3 Å². The molecule has 0 aliphatic heterocycles. The van der Waals surface area contributed by atoms with Crippen molar-refractivity contribution in [2.45, 2.75) is 185 Å². The molecule has 3 amide bonds. The van der Waals surface area contributed by atoms with Crippen molar-refractivity contribution in [3.05, 3.63) is 289 Å². The van der Waals surface area contributed by atoms with Crippen LogP contribution in [0, 0.1) is 10.1 Å². The average molecular weight is 2030 g/mol. The van der Waals surface area contributed by atoms with Crippen LogP contribution < -0.4 is 32.8 Å². The minimum absolute atomic E-state index is 0.00250. The molecule has 0 spiro atoms. The summed E-state index contributed by atoms with van der Waals surface area (Å²) in [5.74, 6) is 2.51. The van der Waals surface area contributed by atoms with E-state index in [1.807, 2.05) is 132 Å². The summed E-state index contributed by atoms with van der Waals surface area (Å²) in [6.07, 6.45) is -3.75. The third-order valence-corrected chi connectivity index (χ3v) is 26.1. The number of nitrogens with one attached hydrogen (secondary N) is 2. The van der Waals surface area contributed by atoms with Crippen LogP contribution in [0.4, 0.5) is 31.4 Å². The van der Waals surface area contributed by atoms with E-state index in [2.05, 4.69) is 43.0 Å². The minimum atomic E-state index is -3.77. The van der Waals surface area contributed by atoms with Crippen molar-refractivity contribution in [3.63, 3.8) is 0 Å². The molecule has 2 atom stereocenters.